The van der Waals surface area contributed by atoms with Crippen LogP contribution >= 0.6 is 0 Å². The minimum Gasteiger partial charge on any atom is -0.469 e. The molecule has 1 rings (SSSR count). The van der Waals surface area contributed by atoms with Crippen LogP contribution in [-0.4, -0.2) is 41.4 Å². The SMILES string of the molecule is COC(=O)C1CCCC(NCCC(C)S(C)=O)C1. The van der Waals surface area contributed by atoms with Gasteiger partial charge in [-0.05, 0) is 32.2 Å². The normalized spacial score (nSPS) is 27.5. The molecular weight excluding hydrogens is 250 g/mol. The molecule has 106 valence electrons. The summed E-state index contributed by atoms with van der Waals surface area (Å²) in [6.07, 6.45) is 6.68. The van der Waals surface area contributed by atoms with Crippen LogP contribution in [-0.2, 0) is 20.3 Å². The van der Waals surface area contributed by atoms with Gasteiger partial charge >= 0.3 is 5.97 Å². The van der Waals surface area contributed by atoms with Gasteiger partial charge in [0.25, 0.3) is 0 Å². The Hall–Kier alpha value is -0.420. The second-order valence-corrected chi connectivity index (χ2v) is 6.94. The number of nitrogens with one attached hydrogen (secondary N) is 1. The molecule has 0 amide bonds. The van der Waals surface area contributed by atoms with Crippen LogP contribution in [0.1, 0.15) is 39.0 Å². The Kier molecular flexibility index (Phi) is 6.86. The van der Waals surface area contributed by atoms with E-state index in [2.05, 4.69) is 5.32 Å². The monoisotopic (exact) mass is 275 g/mol. The number of hydrogen-bond donors (Lipinski definition) is 1. The number of hydrogen-bond acceptors (Lipinski definition) is 4. The van der Waals surface area contributed by atoms with E-state index >= 15 is 0 Å². The van der Waals surface area contributed by atoms with E-state index in [9.17, 15) is 9.00 Å². The Bertz CT molecular complexity index is 296. The first kappa shape index (κ1) is 15.6. The second kappa shape index (κ2) is 7.89. The molecule has 0 heterocycles. The molecule has 4 atom stereocenters. The Morgan fingerprint density at radius 2 is 2.22 bits per heavy atom. The molecule has 5 heteroatoms. The standard InChI is InChI=1S/C13H25NO3S/c1-10(18(3)16)7-8-14-12-6-4-5-11(9-12)13(15)17-2/h10-12,14H,4-9H2,1-3H3. The largest absolute Gasteiger partial charge is 0.469 e. The van der Waals surface area contributed by atoms with Crippen LogP contribution in [0.4, 0.5) is 0 Å². The summed E-state index contributed by atoms with van der Waals surface area (Å²) in [5, 5.41) is 3.71. The third kappa shape index (κ3) is 5.06. The van der Waals surface area contributed by atoms with Crippen LogP contribution in [0.25, 0.3) is 0 Å². The fourth-order valence-corrected chi connectivity index (χ4v) is 2.86. The predicted octanol–water partition coefficient (Wildman–Crippen LogP) is 1.46. The van der Waals surface area contributed by atoms with Crippen molar-refractivity contribution < 1.29 is 13.7 Å². The maximum atomic E-state index is 11.5. The molecule has 4 unspecified atom stereocenters. The van der Waals surface area contributed by atoms with Crippen LogP contribution in [0.2, 0.25) is 0 Å². The molecule has 0 saturated heterocycles. The van der Waals surface area contributed by atoms with Gasteiger partial charge < -0.3 is 10.1 Å². The van der Waals surface area contributed by atoms with Crippen LogP contribution in [0.5, 0.6) is 0 Å². The molecule has 18 heavy (non-hydrogen) atoms. The lowest BCUT2D eigenvalue weighted by atomic mass is 9.85. The van der Waals surface area contributed by atoms with Crippen molar-refractivity contribution in [1.29, 1.82) is 0 Å². The maximum absolute atomic E-state index is 11.5. The van der Waals surface area contributed by atoms with E-state index in [1.54, 1.807) is 6.26 Å². The van der Waals surface area contributed by atoms with Gasteiger partial charge in [0.1, 0.15) is 0 Å². The van der Waals surface area contributed by atoms with Gasteiger partial charge in [-0.1, -0.05) is 13.3 Å². The zero-order valence-corrected chi connectivity index (χ0v) is 12.4. The molecule has 0 aromatic carbocycles. The van der Waals surface area contributed by atoms with E-state index in [4.69, 9.17) is 4.74 Å². The molecule has 4 nitrogen and oxygen atoms in total. The van der Waals surface area contributed by atoms with E-state index in [1.165, 1.54) is 7.11 Å². The molecule has 0 aromatic heterocycles. The van der Waals surface area contributed by atoms with E-state index in [1.807, 2.05) is 6.92 Å². The fraction of sp³-hybridized carbons (Fsp3) is 0.923. The van der Waals surface area contributed by atoms with Crippen molar-refractivity contribution in [3.63, 3.8) is 0 Å². The lowest BCUT2D eigenvalue weighted by Crippen LogP contribution is -2.38. The quantitative estimate of drug-likeness (QED) is 0.746. The average molecular weight is 275 g/mol. The topological polar surface area (TPSA) is 55.4 Å². The summed E-state index contributed by atoms with van der Waals surface area (Å²) < 4.78 is 16.0. The minimum atomic E-state index is -0.747. The van der Waals surface area contributed by atoms with Crippen molar-refractivity contribution in [3.8, 4) is 0 Å². The summed E-state index contributed by atoms with van der Waals surface area (Å²) in [4.78, 5) is 11.5. The van der Waals surface area contributed by atoms with Crippen molar-refractivity contribution in [2.75, 3.05) is 19.9 Å². The number of carbonyl (C=O) groups excluding carboxylic acids is 1. The van der Waals surface area contributed by atoms with E-state index < -0.39 is 10.8 Å². The van der Waals surface area contributed by atoms with Gasteiger partial charge in [-0.25, -0.2) is 0 Å². The molecular formula is C13H25NO3S. The third-order valence-electron chi connectivity index (χ3n) is 3.76. The average Bonchev–Trinajstić information content (AvgIpc) is 2.37. The fourth-order valence-electron chi connectivity index (χ4n) is 2.41. The second-order valence-electron chi connectivity index (χ2n) is 5.14. The first-order valence-corrected chi connectivity index (χ1v) is 8.30. The summed E-state index contributed by atoms with van der Waals surface area (Å²) in [6, 6.07) is 0.403. The first-order chi connectivity index (χ1) is 8.54. The summed E-state index contributed by atoms with van der Waals surface area (Å²) in [7, 11) is 0.709. The van der Waals surface area contributed by atoms with Crippen molar-refractivity contribution in [2.24, 2.45) is 5.92 Å². The number of ether oxygens (including phenoxy) is 1. The Labute approximate surface area is 112 Å². The van der Waals surface area contributed by atoms with Crippen molar-refractivity contribution >= 4 is 16.8 Å². The summed E-state index contributed by atoms with van der Waals surface area (Å²) >= 11 is 0. The highest BCUT2D eigenvalue weighted by Gasteiger charge is 2.27. The molecule has 1 aliphatic rings. The number of rotatable bonds is 6. The van der Waals surface area contributed by atoms with Crippen LogP contribution < -0.4 is 5.32 Å². The highest BCUT2D eigenvalue weighted by atomic mass is 32.2. The first-order valence-electron chi connectivity index (χ1n) is 6.68. The highest BCUT2D eigenvalue weighted by molar-refractivity contribution is 7.84. The Balaban J connectivity index is 2.26. The molecule has 1 saturated carbocycles. The van der Waals surface area contributed by atoms with Crippen LogP contribution in [0, 0.1) is 5.92 Å². The van der Waals surface area contributed by atoms with Crippen molar-refractivity contribution in [2.45, 2.75) is 50.3 Å². The zero-order valence-electron chi connectivity index (χ0n) is 11.6. The molecule has 0 aromatic rings. The summed E-state index contributed by atoms with van der Waals surface area (Å²) in [6.45, 7) is 2.88. The molecule has 0 radical (unpaired) electrons. The van der Waals surface area contributed by atoms with Gasteiger partial charge in [0, 0.05) is 28.3 Å². The molecule has 1 aliphatic carbocycles. The molecule has 0 spiro atoms. The number of esters is 1. The number of carbonyl (C=O) groups is 1. The lowest BCUT2D eigenvalue weighted by Gasteiger charge is -2.28. The predicted molar refractivity (Wildman–Crippen MR) is 73.9 cm³/mol. The van der Waals surface area contributed by atoms with Gasteiger partial charge in [0.05, 0.1) is 13.0 Å². The molecule has 1 N–H and O–H groups in total. The summed E-state index contributed by atoms with van der Waals surface area (Å²) in [5.41, 5.74) is 0. The minimum absolute atomic E-state index is 0.0546. The number of methoxy groups -OCH3 is 1. The Morgan fingerprint density at radius 1 is 1.50 bits per heavy atom. The van der Waals surface area contributed by atoms with Gasteiger partial charge in [0.2, 0.25) is 0 Å². The third-order valence-corrected chi connectivity index (χ3v) is 5.13. The summed E-state index contributed by atoms with van der Waals surface area (Å²) in [5.74, 6) is -0.0245. The van der Waals surface area contributed by atoms with Crippen molar-refractivity contribution in [3.05, 3.63) is 0 Å². The highest BCUT2D eigenvalue weighted by Crippen LogP contribution is 2.25. The van der Waals surface area contributed by atoms with E-state index in [0.717, 1.165) is 38.6 Å². The van der Waals surface area contributed by atoms with Gasteiger partial charge in [0.15, 0.2) is 0 Å². The van der Waals surface area contributed by atoms with Crippen LogP contribution in [0.3, 0.4) is 0 Å². The molecule has 1 fully saturated rings. The van der Waals surface area contributed by atoms with Gasteiger partial charge in [-0.3, -0.25) is 9.00 Å². The molecule has 0 aliphatic heterocycles. The van der Waals surface area contributed by atoms with Crippen molar-refractivity contribution in [1.82, 2.24) is 5.32 Å². The van der Waals surface area contributed by atoms with Gasteiger partial charge in [-0.15, -0.1) is 0 Å². The smallest absolute Gasteiger partial charge is 0.308 e. The Morgan fingerprint density at radius 3 is 2.83 bits per heavy atom. The van der Waals surface area contributed by atoms with Crippen LogP contribution in [0.15, 0.2) is 0 Å². The lowest BCUT2D eigenvalue weighted by molar-refractivity contribution is -0.146. The molecule has 0 bridgehead atoms. The maximum Gasteiger partial charge on any atom is 0.308 e. The zero-order chi connectivity index (χ0) is 13.5. The van der Waals surface area contributed by atoms with E-state index in [-0.39, 0.29) is 17.1 Å². The van der Waals surface area contributed by atoms with Gasteiger partial charge in [-0.2, -0.15) is 0 Å². The van der Waals surface area contributed by atoms with E-state index in [0.29, 0.717) is 6.04 Å².